The first kappa shape index (κ1) is 18.5. The molecule has 0 saturated carbocycles. The van der Waals surface area contributed by atoms with Crippen molar-refractivity contribution >= 4 is 29.0 Å². The summed E-state index contributed by atoms with van der Waals surface area (Å²) in [5.74, 6) is -2.85. The standard InChI is InChI=1S/C17H15ClN4O5/c1-9(17(26)27)20-15(24)13-14(23)12-5-11(18)8-21(12)22(16(13)25)7-10-3-2-4-19-6-10/h2-6,8-9,23H,7H2,1H3,(H,20,24)(H,26,27). The molecule has 140 valence electrons. The molecule has 3 rings (SSSR count). The maximum absolute atomic E-state index is 12.9. The minimum Gasteiger partial charge on any atom is -0.505 e. The third-order valence-electron chi connectivity index (χ3n) is 3.96. The molecule has 0 aromatic carbocycles. The number of nitrogens with zero attached hydrogens (tertiary/aromatic N) is 3. The second kappa shape index (κ2) is 7.12. The van der Waals surface area contributed by atoms with Crippen LogP contribution < -0.4 is 10.9 Å². The lowest BCUT2D eigenvalue weighted by atomic mass is 10.2. The molecule has 10 heteroatoms. The zero-order chi connectivity index (χ0) is 19.7. The average Bonchev–Trinajstić information content (AvgIpc) is 3.01. The molecule has 9 nitrogen and oxygen atoms in total. The van der Waals surface area contributed by atoms with Crippen LogP contribution in [0.15, 0.2) is 41.6 Å². The van der Waals surface area contributed by atoms with E-state index in [0.717, 1.165) is 0 Å². The number of aromatic nitrogens is 3. The lowest BCUT2D eigenvalue weighted by Crippen LogP contribution is -2.42. The van der Waals surface area contributed by atoms with Crippen LogP contribution in [0, 0.1) is 0 Å². The molecule has 3 N–H and O–H groups in total. The zero-order valence-electron chi connectivity index (χ0n) is 14.1. The number of aliphatic carboxylic acids is 1. The molecular weight excluding hydrogens is 376 g/mol. The number of halogens is 1. The van der Waals surface area contributed by atoms with Crippen LogP contribution in [0.3, 0.4) is 0 Å². The Hall–Kier alpha value is -3.33. The highest BCUT2D eigenvalue weighted by molar-refractivity contribution is 6.31. The molecule has 0 saturated heterocycles. The summed E-state index contributed by atoms with van der Waals surface area (Å²) in [5, 5.41) is 21.8. The molecule has 0 spiro atoms. The van der Waals surface area contributed by atoms with Crippen LogP contribution in [0.5, 0.6) is 5.75 Å². The van der Waals surface area contributed by atoms with Crippen molar-refractivity contribution in [1.29, 1.82) is 0 Å². The number of hydrogen-bond acceptors (Lipinski definition) is 5. The summed E-state index contributed by atoms with van der Waals surface area (Å²) in [6.07, 6.45) is 4.57. The van der Waals surface area contributed by atoms with Crippen LogP contribution in [0.1, 0.15) is 22.8 Å². The van der Waals surface area contributed by atoms with Gasteiger partial charge < -0.3 is 15.5 Å². The summed E-state index contributed by atoms with van der Waals surface area (Å²) < 4.78 is 2.54. The van der Waals surface area contributed by atoms with E-state index in [9.17, 15) is 19.5 Å². The number of rotatable bonds is 5. The van der Waals surface area contributed by atoms with Crippen molar-refractivity contribution in [3.05, 3.63) is 63.3 Å². The molecule has 0 bridgehead atoms. The summed E-state index contributed by atoms with van der Waals surface area (Å²) in [4.78, 5) is 40.3. The smallest absolute Gasteiger partial charge is 0.325 e. The number of amides is 1. The molecule has 0 aliphatic carbocycles. The van der Waals surface area contributed by atoms with Crippen molar-refractivity contribution in [2.75, 3.05) is 0 Å². The quantitative estimate of drug-likeness (QED) is 0.599. The number of hydrogen-bond donors (Lipinski definition) is 3. The number of carboxylic acids is 1. The average molecular weight is 391 g/mol. The van der Waals surface area contributed by atoms with Crippen molar-refractivity contribution in [1.82, 2.24) is 19.5 Å². The number of carboxylic acid groups (broad SMARTS) is 1. The van der Waals surface area contributed by atoms with Gasteiger partial charge in [-0.2, -0.15) is 0 Å². The molecule has 3 heterocycles. The Morgan fingerprint density at radius 1 is 1.41 bits per heavy atom. The van der Waals surface area contributed by atoms with Gasteiger partial charge in [0.1, 0.15) is 17.1 Å². The minimum absolute atomic E-state index is 0.0588. The summed E-state index contributed by atoms with van der Waals surface area (Å²) in [6, 6.07) is 3.60. The van der Waals surface area contributed by atoms with E-state index in [-0.39, 0.29) is 17.1 Å². The van der Waals surface area contributed by atoms with Gasteiger partial charge in [-0.1, -0.05) is 17.7 Å². The van der Waals surface area contributed by atoms with Gasteiger partial charge >= 0.3 is 5.97 Å². The highest BCUT2D eigenvalue weighted by Gasteiger charge is 2.25. The topological polar surface area (TPSA) is 126 Å². The van der Waals surface area contributed by atoms with Crippen molar-refractivity contribution in [3.63, 3.8) is 0 Å². The second-order valence-electron chi connectivity index (χ2n) is 5.87. The van der Waals surface area contributed by atoms with Crippen LogP contribution in [0.4, 0.5) is 0 Å². The largest absolute Gasteiger partial charge is 0.505 e. The normalized spacial score (nSPS) is 12.1. The molecule has 3 aromatic rings. The first-order valence-corrected chi connectivity index (χ1v) is 8.23. The molecule has 1 atom stereocenters. The SMILES string of the molecule is CC(NC(=O)c1c(O)c2cc(Cl)cn2n(Cc2cccnc2)c1=O)C(=O)O. The van der Waals surface area contributed by atoms with Gasteiger partial charge in [-0.15, -0.1) is 0 Å². The monoisotopic (exact) mass is 390 g/mol. The maximum atomic E-state index is 12.9. The molecule has 3 aromatic heterocycles. The third-order valence-corrected chi connectivity index (χ3v) is 4.16. The van der Waals surface area contributed by atoms with Gasteiger partial charge in [-0.05, 0) is 24.6 Å². The molecule has 27 heavy (non-hydrogen) atoms. The van der Waals surface area contributed by atoms with E-state index in [2.05, 4.69) is 10.3 Å². The lowest BCUT2D eigenvalue weighted by molar-refractivity contribution is -0.138. The fourth-order valence-corrected chi connectivity index (χ4v) is 2.80. The van der Waals surface area contributed by atoms with Crippen LogP contribution in [0.2, 0.25) is 5.02 Å². The number of carbonyl (C=O) groups excluding carboxylic acids is 1. The van der Waals surface area contributed by atoms with Crippen molar-refractivity contribution in [2.45, 2.75) is 19.5 Å². The molecule has 0 fully saturated rings. The van der Waals surface area contributed by atoms with Gasteiger partial charge in [0.25, 0.3) is 11.5 Å². The van der Waals surface area contributed by atoms with E-state index in [1.165, 1.54) is 28.4 Å². The Balaban J connectivity index is 2.18. The highest BCUT2D eigenvalue weighted by Crippen LogP contribution is 2.25. The Morgan fingerprint density at radius 3 is 2.78 bits per heavy atom. The molecule has 0 aliphatic heterocycles. The van der Waals surface area contributed by atoms with Gasteiger partial charge in [0.2, 0.25) is 0 Å². The van der Waals surface area contributed by atoms with Gasteiger partial charge in [0.05, 0.1) is 11.6 Å². The number of aromatic hydroxyl groups is 1. The molecule has 1 amide bonds. The van der Waals surface area contributed by atoms with Gasteiger partial charge in [0, 0.05) is 18.6 Å². The number of fused-ring (bicyclic) bond motifs is 1. The van der Waals surface area contributed by atoms with Crippen LogP contribution in [0.25, 0.3) is 5.52 Å². The summed E-state index contributed by atoms with van der Waals surface area (Å²) in [7, 11) is 0. The Kier molecular flexibility index (Phi) is 4.87. The first-order chi connectivity index (χ1) is 12.8. The first-order valence-electron chi connectivity index (χ1n) is 7.85. The van der Waals surface area contributed by atoms with E-state index in [1.54, 1.807) is 24.5 Å². The molecule has 0 aliphatic rings. The Labute approximate surface area is 157 Å². The van der Waals surface area contributed by atoms with E-state index < -0.39 is 34.8 Å². The summed E-state index contributed by atoms with van der Waals surface area (Å²) in [6.45, 7) is 1.31. The van der Waals surface area contributed by atoms with E-state index >= 15 is 0 Å². The maximum Gasteiger partial charge on any atom is 0.325 e. The summed E-state index contributed by atoms with van der Waals surface area (Å²) >= 11 is 6.00. The van der Waals surface area contributed by atoms with Crippen molar-refractivity contribution in [2.24, 2.45) is 0 Å². The second-order valence-corrected chi connectivity index (χ2v) is 6.31. The van der Waals surface area contributed by atoms with E-state index in [1.807, 2.05) is 0 Å². The van der Waals surface area contributed by atoms with Gasteiger partial charge in [-0.3, -0.25) is 23.9 Å². The van der Waals surface area contributed by atoms with E-state index in [4.69, 9.17) is 16.7 Å². The Bertz CT molecular complexity index is 1090. The van der Waals surface area contributed by atoms with Crippen LogP contribution in [-0.2, 0) is 11.3 Å². The van der Waals surface area contributed by atoms with Gasteiger partial charge in [-0.25, -0.2) is 4.68 Å². The Morgan fingerprint density at radius 2 is 2.15 bits per heavy atom. The number of carbonyl (C=O) groups is 2. The number of nitrogens with one attached hydrogen (secondary N) is 1. The fourth-order valence-electron chi connectivity index (χ4n) is 2.60. The molecular formula is C17H15ClN4O5. The number of pyridine rings is 1. The fraction of sp³-hybridized carbons (Fsp3) is 0.176. The predicted molar refractivity (Wildman–Crippen MR) is 96.2 cm³/mol. The molecule has 0 radical (unpaired) electrons. The van der Waals surface area contributed by atoms with Crippen molar-refractivity contribution < 1.29 is 19.8 Å². The zero-order valence-corrected chi connectivity index (χ0v) is 14.8. The van der Waals surface area contributed by atoms with Crippen molar-refractivity contribution in [3.8, 4) is 5.75 Å². The van der Waals surface area contributed by atoms with Gasteiger partial charge in [0.15, 0.2) is 5.75 Å². The predicted octanol–water partition coefficient (Wildman–Crippen LogP) is 1.11. The van der Waals surface area contributed by atoms with Crippen LogP contribution >= 0.6 is 11.6 Å². The van der Waals surface area contributed by atoms with E-state index in [0.29, 0.717) is 5.56 Å². The highest BCUT2D eigenvalue weighted by atomic mass is 35.5. The van der Waals surface area contributed by atoms with Crippen LogP contribution in [-0.4, -0.2) is 42.3 Å². The minimum atomic E-state index is -1.27. The molecule has 1 unspecified atom stereocenters. The third kappa shape index (κ3) is 3.49. The summed E-state index contributed by atoms with van der Waals surface area (Å²) in [5.41, 5.74) is -0.543. The lowest BCUT2D eigenvalue weighted by Gasteiger charge is -2.15.